The second kappa shape index (κ2) is 8.60. The fourth-order valence-electron chi connectivity index (χ4n) is 3.10. The van der Waals surface area contributed by atoms with Crippen molar-refractivity contribution in [1.29, 1.82) is 0 Å². The zero-order valence-corrected chi connectivity index (χ0v) is 18.0. The zero-order valence-electron chi connectivity index (χ0n) is 18.0. The van der Waals surface area contributed by atoms with Crippen LogP contribution in [0.4, 0.5) is 27.8 Å². The molecule has 2 N–H and O–H groups in total. The topological polar surface area (TPSA) is 80.3 Å². The first kappa shape index (κ1) is 24.4. The van der Waals surface area contributed by atoms with Crippen molar-refractivity contribution in [3.05, 3.63) is 53.2 Å². The molecular weight excluding hydrogens is 449 g/mol. The lowest BCUT2D eigenvalue weighted by Crippen LogP contribution is -2.42. The molecule has 1 aromatic heterocycles. The van der Waals surface area contributed by atoms with Crippen LogP contribution in [0.2, 0.25) is 0 Å². The van der Waals surface area contributed by atoms with Gasteiger partial charge in [0.2, 0.25) is 5.91 Å². The number of amides is 2. The number of aryl methyl sites for hydroxylation is 1. The Morgan fingerprint density at radius 1 is 1.09 bits per heavy atom. The van der Waals surface area contributed by atoms with E-state index in [1.807, 2.05) is 0 Å². The second-order valence-electron chi connectivity index (χ2n) is 8.21. The van der Waals surface area contributed by atoms with Crippen LogP contribution in [0.3, 0.4) is 0 Å². The van der Waals surface area contributed by atoms with Gasteiger partial charge < -0.3 is 15.4 Å². The minimum absolute atomic E-state index is 0.202. The molecule has 1 fully saturated rings. The van der Waals surface area contributed by atoms with Gasteiger partial charge in [-0.15, -0.1) is 0 Å². The highest BCUT2D eigenvalue weighted by molar-refractivity contribution is 5.97. The van der Waals surface area contributed by atoms with Gasteiger partial charge >= 0.3 is 12.3 Å². The zero-order chi connectivity index (χ0) is 24.6. The number of pyridine rings is 1. The van der Waals surface area contributed by atoms with Gasteiger partial charge in [0, 0.05) is 17.2 Å². The van der Waals surface area contributed by atoms with E-state index in [2.05, 4.69) is 20.4 Å². The Kier molecular flexibility index (Phi) is 6.36. The third-order valence-corrected chi connectivity index (χ3v) is 5.06. The Morgan fingerprint density at radius 2 is 1.76 bits per heavy atom. The van der Waals surface area contributed by atoms with Gasteiger partial charge in [-0.25, -0.2) is 4.98 Å². The van der Waals surface area contributed by atoms with Crippen LogP contribution < -0.4 is 15.4 Å². The molecule has 1 heterocycles. The first-order valence-corrected chi connectivity index (χ1v) is 10.1. The van der Waals surface area contributed by atoms with E-state index in [0.29, 0.717) is 24.1 Å². The summed E-state index contributed by atoms with van der Waals surface area (Å²) in [7, 11) is 0. The summed E-state index contributed by atoms with van der Waals surface area (Å²) >= 11 is 0. The van der Waals surface area contributed by atoms with Crippen molar-refractivity contribution < 1.29 is 36.3 Å². The Hall–Kier alpha value is -3.24. The quantitative estimate of drug-likeness (QED) is 0.561. The van der Waals surface area contributed by atoms with Crippen molar-refractivity contribution >= 4 is 17.6 Å². The monoisotopic (exact) mass is 471 g/mol. The van der Waals surface area contributed by atoms with Gasteiger partial charge in [0.15, 0.2) is 0 Å². The minimum Gasteiger partial charge on any atom is -0.426 e. The largest absolute Gasteiger partial charge is 0.499 e. The average Bonchev–Trinajstić information content (AvgIpc) is 3.47. The predicted octanol–water partition coefficient (Wildman–Crippen LogP) is 4.94. The molecule has 11 heteroatoms. The number of rotatable bonds is 7. The van der Waals surface area contributed by atoms with Crippen molar-refractivity contribution in [1.82, 2.24) is 10.3 Å². The summed E-state index contributed by atoms with van der Waals surface area (Å²) in [6, 6.07) is 7.75. The van der Waals surface area contributed by atoms with E-state index in [9.17, 15) is 31.5 Å². The van der Waals surface area contributed by atoms with Gasteiger partial charge in [-0.1, -0.05) is 26.0 Å². The fraction of sp³-hybridized carbons (Fsp3) is 0.409. The smallest absolute Gasteiger partial charge is 0.426 e. The van der Waals surface area contributed by atoms with Crippen LogP contribution in [0.25, 0.3) is 0 Å². The van der Waals surface area contributed by atoms with Crippen molar-refractivity contribution in [3.63, 3.8) is 0 Å². The Labute approximate surface area is 186 Å². The summed E-state index contributed by atoms with van der Waals surface area (Å²) in [5.74, 6) is -1.55. The van der Waals surface area contributed by atoms with E-state index < -0.39 is 29.5 Å². The summed E-state index contributed by atoms with van der Waals surface area (Å²) in [5, 5.41) is 5.43. The average molecular weight is 471 g/mol. The summed E-state index contributed by atoms with van der Waals surface area (Å²) in [5.41, 5.74) is 0.105. The van der Waals surface area contributed by atoms with Crippen LogP contribution in [0.15, 0.2) is 36.4 Å². The standard InChI is InChI=1S/C22H22F5N3O3/c1-12(2)18(31)29-17-10-14(9-13(3)28-17)19(32)30-20(7-8-20)15-5-4-6-16(11-15)33-22(26,27)21(23,24)25/h4-6,9-12H,7-8H2,1-3H3,(H,30,32)(H,28,29,31). The molecule has 33 heavy (non-hydrogen) atoms. The van der Waals surface area contributed by atoms with Gasteiger partial charge in [0.1, 0.15) is 11.6 Å². The summed E-state index contributed by atoms with van der Waals surface area (Å²) in [6.45, 7) is 5.06. The van der Waals surface area contributed by atoms with Crippen LogP contribution >= 0.6 is 0 Å². The molecule has 0 radical (unpaired) electrons. The van der Waals surface area contributed by atoms with E-state index in [1.165, 1.54) is 24.3 Å². The van der Waals surface area contributed by atoms with Crippen molar-refractivity contribution in [2.75, 3.05) is 5.32 Å². The molecule has 0 atom stereocenters. The third-order valence-electron chi connectivity index (χ3n) is 5.06. The summed E-state index contributed by atoms with van der Waals surface area (Å²) in [4.78, 5) is 29.0. The first-order chi connectivity index (χ1) is 15.2. The van der Waals surface area contributed by atoms with E-state index >= 15 is 0 Å². The Bertz CT molecular complexity index is 1070. The number of benzene rings is 1. The molecule has 0 unspecified atom stereocenters. The SMILES string of the molecule is Cc1cc(C(=O)NC2(c3cccc(OC(F)(F)C(F)(F)F)c3)CC2)cc(NC(=O)C(C)C)n1. The van der Waals surface area contributed by atoms with Crippen LogP contribution in [-0.2, 0) is 10.3 Å². The number of nitrogens with zero attached hydrogens (tertiary/aromatic N) is 1. The lowest BCUT2D eigenvalue weighted by molar-refractivity contribution is -0.360. The van der Waals surface area contributed by atoms with Crippen molar-refractivity contribution in [2.45, 2.75) is 51.4 Å². The number of hydrogen-bond donors (Lipinski definition) is 2. The molecule has 0 bridgehead atoms. The number of carbonyl (C=O) groups excluding carboxylic acids is 2. The molecule has 3 rings (SSSR count). The van der Waals surface area contributed by atoms with Gasteiger partial charge in [0.25, 0.3) is 5.91 Å². The van der Waals surface area contributed by atoms with E-state index in [-0.39, 0.29) is 23.2 Å². The van der Waals surface area contributed by atoms with Crippen LogP contribution in [0, 0.1) is 12.8 Å². The maximum atomic E-state index is 13.3. The van der Waals surface area contributed by atoms with E-state index in [4.69, 9.17) is 0 Å². The van der Waals surface area contributed by atoms with Crippen molar-refractivity contribution in [2.24, 2.45) is 5.92 Å². The molecule has 2 amide bonds. The van der Waals surface area contributed by atoms with Crippen molar-refractivity contribution in [3.8, 4) is 5.75 Å². The number of carbonyl (C=O) groups is 2. The van der Waals surface area contributed by atoms with Crippen LogP contribution in [0.1, 0.15) is 48.3 Å². The highest BCUT2D eigenvalue weighted by Gasteiger charge is 2.61. The summed E-state index contributed by atoms with van der Waals surface area (Å²) < 4.78 is 67.7. The molecule has 6 nitrogen and oxygen atoms in total. The summed E-state index contributed by atoms with van der Waals surface area (Å²) in [6.07, 6.45) is -10.3. The Balaban J connectivity index is 1.79. The lowest BCUT2D eigenvalue weighted by Gasteiger charge is -2.22. The maximum absolute atomic E-state index is 13.3. The molecule has 1 aliphatic rings. The van der Waals surface area contributed by atoms with Gasteiger partial charge in [-0.2, -0.15) is 22.0 Å². The van der Waals surface area contributed by atoms with Crippen LogP contribution in [-0.4, -0.2) is 29.1 Å². The van der Waals surface area contributed by atoms with E-state index in [1.54, 1.807) is 20.8 Å². The highest BCUT2D eigenvalue weighted by atomic mass is 19.4. The molecular formula is C22H22F5N3O3. The highest BCUT2D eigenvalue weighted by Crippen LogP contribution is 2.47. The number of hydrogen-bond acceptors (Lipinski definition) is 4. The second-order valence-corrected chi connectivity index (χ2v) is 8.21. The van der Waals surface area contributed by atoms with Gasteiger partial charge in [-0.05, 0) is 49.6 Å². The number of aromatic nitrogens is 1. The molecule has 0 saturated heterocycles. The number of nitrogens with one attached hydrogen (secondary N) is 2. The molecule has 178 valence electrons. The normalized spacial score (nSPS) is 15.2. The molecule has 0 spiro atoms. The molecule has 1 aromatic carbocycles. The van der Waals surface area contributed by atoms with Crippen LogP contribution in [0.5, 0.6) is 5.75 Å². The van der Waals surface area contributed by atoms with Gasteiger partial charge in [-0.3, -0.25) is 9.59 Å². The molecule has 2 aromatic rings. The third kappa shape index (κ3) is 5.58. The molecule has 1 saturated carbocycles. The first-order valence-electron chi connectivity index (χ1n) is 10.1. The lowest BCUT2D eigenvalue weighted by atomic mass is 10.0. The number of ether oxygens (including phenoxy) is 1. The van der Waals surface area contributed by atoms with Gasteiger partial charge in [0.05, 0.1) is 5.54 Å². The fourth-order valence-corrected chi connectivity index (χ4v) is 3.10. The number of halogens is 5. The maximum Gasteiger partial charge on any atom is 0.499 e. The Morgan fingerprint density at radius 3 is 2.33 bits per heavy atom. The van der Waals surface area contributed by atoms with E-state index in [0.717, 1.165) is 12.1 Å². The number of anilines is 1. The minimum atomic E-state index is -5.86. The molecule has 1 aliphatic carbocycles. The number of alkyl halides is 5. The predicted molar refractivity (Wildman–Crippen MR) is 109 cm³/mol. The molecule has 0 aliphatic heterocycles.